The molecule has 0 saturated carbocycles. The number of nitrogens with two attached hydrogens (primary N) is 1. The molecule has 4 nitrogen and oxygen atoms in total. The van der Waals surface area contributed by atoms with Gasteiger partial charge in [-0.05, 0) is 42.5 Å². The number of carbonyl (C=O) groups is 1. The zero-order chi connectivity index (χ0) is 14.5. The third-order valence-electron chi connectivity index (χ3n) is 2.45. The first kappa shape index (κ1) is 14.3. The Labute approximate surface area is 123 Å². The lowest BCUT2D eigenvalue weighted by molar-refractivity contribution is -0.118. The van der Waals surface area contributed by atoms with Gasteiger partial charge >= 0.3 is 0 Å². The van der Waals surface area contributed by atoms with Crippen LogP contribution in [0.1, 0.15) is 0 Å². The highest BCUT2D eigenvalue weighted by Crippen LogP contribution is 2.21. The summed E-state index contributed by atoms with van der Waals surface area (Å²) in [5, 5.41) is 2.62. The molecule has 0 bridgehead atoms. The number of hydrogen-bond donors (Lipinski definition) is 2. The number of ether oxygens (including phenoxy) is 1. The molecule has 0 aliphatic heterocycles. The van der Waals surface area contributed by atoms with Crippen LogP contribution in [0.4, 0.5) is 15.8 Å². The lowest BCUT2D eigenvalue weighted by Gasteiger charge is -2.08. The van der Waals surface area contributed by atoms with E-state index in [1.807, 2.05) is 0 Å². The van der Waals surface area contributed by atoms with Crippen molar-refractivity contribution in [2.75, 3.05) is 17.7 Å². The summed E-state index contributed by atoms with van der Waals surface area (Å²) in [5.41, 5.74) is 6.75. The van der Waals surface area contributed by atoms with Gasteiger partial charge in [0.1, 0.15) is 0 Å². The molecule has 20 heavy (non-hydrogen) atoms. The third kappa shape index (κ3) is 3.96. The Hall–Kier alpha value is -2.08. The lowest BCUT2D eigenvalue weighted by Crippen LogP contribution is -2.20. The second kappa shape index (κ2) is 6.38. The summed E-state index contributed by atoms with van der Waals surface area (Å²) >= 11 is 3.14. The van der Waals surface area contributed by atoms with Crippen LogP contribution >= 0.6 is 15.9 Å². The van der Waals surface area contributed by atoms with Gasteiger partial charge in [0.15, 0.2) is 18.2 Å². The predicted molar refractivity (Wildman–Crippen MR) is 79.1 cm³/mol. The smallest absolute Gasteiger partial charge is 0.262 e. The van der Waals surface area contributed by atoms with Crippen molar-refractivity contribution in [2.24, 2.45) is 0 Å². The predicted octanol–water partition coefficient (Wildman–Crippen LogP) is 3.19. The number of nitrogens with one attached hydrogen (secondary N) is 1. The monoisotopic (exact) mass is 338 g/mol. The molecule has 1 amide bonds. The van der Waals surface area contributed by atoms with Crippen LogP contribution in [0.15, 0.2) is 46.9 Å². The number of anilines is 2. The van der Waals surface area contributed by atoms with Crippen LogP contribution in [-0.2, 0) is 4.79 Å². The fourth-order valence-electron chi connectivity index (χ4n) is 1.50. The van der Waals surface area contributed by atoms with Crippen molar-refractivity contribution in [3.05, 3.63) is 52.8 Å². The highest BCUT2D eigenvalue weighted by molar-refractivity contribution is 9.10. The van der Waals surface area contributed by atoms with Crippen LogP contribution in [-0.4, -0.2) is 12.5 Å². The zero-order valence-electron chi connectivity index (χ0n) is 10.4. The standard InChI is InChI=1S/C14H12BrFN2O2/c15-9-1-6-13(12(16)7-9)20-8-14(19)18-11-4-2-10(17)3-5-11/h1-7H,8,17H2,(H,18,19). The first-order chi connectivity index (χ1) is 9.54. The van der Waals surface area contributed by atoms with Gasteiger partial charge in [-0.25, -0.2) is 4.39 Å². The summed E-state index contributed by atoms with van der Waals surface area (Å²) in [6, 6.07) is 11.1. The number of amides is 1. The van der Waals surface area contributed by atoms with Gasteiger partial charge in [-0.2, -0.15) is 0 Å². The molecule has 6 heteroatoms. The maximum atomic E-state index is 13.5. The quantitative estimate of drug-likeness (QED) is 0.841. The minimum absolute atomic E-state index is 0.0284. The molecule has 0 aliphatic rings. The summed E-state index contributed by atoms with van der Waals surface area (Å²) in [7, 11) is 0. The van der Waals surface area contributed by atoms with Crippen molar-refractivity contribution in [1.82, 2.24) is 0 Å². The van der Waals surface area contributed by atoms with E-state index in [4.69, 9.17) is 10.5 Å². The highest BCUT2D eigenvalue weighted by atomic mass is 79.9. The fourth-order valence-corrected chi connectivity index (χ4v) is 1.83. The summed E-state index contributed by atoms with van der Waals surface area (Å²) < 4.78 is 19.2. The van der Waals surface area contributed by atoms with Crippen molar-refractivity contribution in [1.29, 1.82) is 0 Å². The number of halogens is 2. The van der Waals surface area contributed by atoms with Crippen LogP contribution < -0.4 is 15.8 Å². The van der Waals surface area contributed by atoms with Crippen LogP contribution in [0.25, 0.3) is 0 Å². The molecular formula is C14H12BrFN2O2. The number of carbonyl (C=O) groups excluding carboxylic acids is 1. The topological polar surface area (TPSA) is 64.3 Å². The van der Waals surface area contributed by atoms with Crippen molar-refractivity contribution in [2.45, 2.75) is 0 Å². The van der Waals surface area contributed by atoms with Crippen LogP contribution in [0, 0.1) is 5.82 Å². The van der Waals surface area contributed by atoms with E-state index >= 15 is 0 Å². The van der Waals surface area contributed by atoms with Crippen molar-refractivity contribution < 1.29 is 13.9 Å². The Morgan fingerprint density at radius 3 is 2.60 bits per heavy atom. The second-order valence-electron chi connectivity index (χ2n) is 4.03. The SMILES string of the molecule is Nc1ccc(NC(=O)COc2ccc(Br)cc2F)cc1. The summed E-state index contributed by atoms with van der Waals surface area (Å²) in [5.74, 6) is -0.877. The maximum absolute atomic E-state index is 13.5. The Kier molecular flexibility index (Phi) is 4.57. The van der Waals surface area contributed by atoms with Crippen molar-refractivity contribution in [3.8, 4) is 5.75 Å². The minimum atomic E-state index is -0.528. The van der Waals surface area contributed by atoms with Gasteiger partial charge in [-0.3, -0.25) is 4.79 Å². The van der Waals surface area contributed by atoms with Crippen molar-refractivity contribution in [3.63, 3.8) is 0 Å². The Balaban J connectivity index is 1.90. The summed E-state index contributed by atoms with van der Waals surface area (Å²) in [6.07, 6.45) is 0. The van der Waals surface area contributed by atoms with E-state index in [1.54, 1.807) is 30.3 Å². The Bertz CT molecular complexity index is 617. The number of rotatable bonds is 4. The highest BCUT2D eigenvalue weighted by Gasteiger charge is 2.07. The van der Waals surface area contributed by atoms with E-state index in [-0.39, 0.29) is 18.3 Å². The minimum Gasteiger partial charge on any atom is -0.481 e. The molecular weight excluding hydrogens is 327 g/mol. The largest absolute Gasteiger partial charge is 0.481 e. The van der Waals surface area contributed by atoms with Gasteiger partial charge in [0.05, 0.1) is 0 Å². The Morgan fingerprint density at radius 1 is 1.25 bits per heavy atom. The van der Waals surface area contributed by atoms with E-state index in [0.717, 1.165) is 0 Å². The molecule has 2 rings (SSSR count). The van der Waals surface area contributed by atoms with Crippen LogP contribution in [0.2, 0.25) is 0 Å². The number of hydrogen-bond acceptors (Lipinski definition) is 3. The van der Waals surface area contributed by atoms with Gasteiger partial charge in [0, 0.05) is 15.8 Å². The zero-order valence-corrected chi connectivity index (χ0v) is 12.0. The van der Waals surface area contributed by atoms with E-state index in [0.29, 0.717) is 15.8 Å². The van der Waals surface area contributed by atoms with E-state index in [9.17, 15) is 9.18 Å². The van der Waals surface area contributed by atoms with Gasteiger partial charge in [-0.15, -0.1) is 0 Å². The van der Waals surface area contributed by atoms with Gasteiger partial charge in [0.25, 0.3) is 5.91 Å². The van der Waals surface area contributed by atoms with Crippen LogP contribution in [0.5, 0.6) is 5.75 Å². The van der Waals surface area contributed by atoms with E-state index < -0.39 is 5.82 Å². The van der Waals surface area contributed by atoms with E-state index in [2.05, 4.69) is 21.2 Å². The molecule has 0 aromatic heterocycles. The molecule has 0 atom stereocenters. The number of benzene rings is 2. The molecule has 2 aromatic carbocycles. The molecule has 0 radical (unpaired) electrons. The first-order valence-corrected chi connectivity index (χ1v) is 6.57. The average Bonchev–Trinajstić information content (AvgIpc) is 2.40. The first-order valence-electron chi connectivity index (χ1n) is 5.78. The number of nitrogen functional groups attached to an aromatic ring is 1. The Morgan fingerprint density at radius 2 is 1.95 bits per heavy atom. The van der Waals surface area contributed by atoms with E-state index in [1.165, 1.54) is 12.1 Å². The van der Waals surface area contributed by atoms with Gasteiger partial charge in [-0.1, -0.05) is 15.9 Å². The summed E-state index contributed by atoms with van der Waals surface area (Å²) in [4.78, 5) is 11.6. The average molecular weight is 339 g/mol. The maximum Gasteiger partial charge on any atom is 0.262 e. The van der Waals surface area contributed by atoms with Gasteiger partial charge < -0.3 is 15.8 Å². The van der Waals surface area contributed by atoms with Crippen molar-refractivity contribution >= 4 is 33.2 Å². The molecule has 2 aromatic rings. The van der Waals surface area contributed by atoms with Gasteiger partial charge in [0.2, 0.25) is 0 Å². The molecule has 0 heterocycles. The fraction of sp³-hybridized carbons (Fsp3) is 0.0714. The lowest BCUT2D eigenvalue weighted by atomic mass is 10.3. The molecule has 0 fully saturated rings. The summed E-state index contributed by atoms with van der Waals surface area (Å²) in [6.45, 7) is -0.275. The molecule has 0 saturated heterocycles. The molecule has 0 spiro atoms. The molecule has 3 N–H and O–H groups in total. The third-order valence-corrected chi connectivity index (χ3v) is 2.94. The molecule has 104 valence electrons. The van der Waals surface area contributed by atoms with Crippen LogP contribution in [0.3, 0.4) is 0 Å². The molecule has 0 aliphatic carbocycles. The normalized spacial score (nSPS) is 10.1. The molecule has 0 unspecified atom stereocenters. The second-order valence-corrected chi connectivity index (χ2v) is 4.95.